The Morgan fingerprint density at radius 1 is 1.80 bits per heavy atom. The Hall–Kier alpha value is -1.14. The molecule has 0 aliphatic rings. The van der Waals surface area contributed by atoms with Crippen LogP contribution in [0.1, 0.15) is 19.0 Å². The highest BCUT2D eigenvalue weighted by Gasteiger charge is 2.22. The number of alkyl halides is 1. The van der Waals surface area contributed by atoms with Gasteiger partial charge < -0.3 is 14.9 Å². The lowest BCUT2D eigenvalue weighted by molar-refractivity contribution is -0.393. The minimum absolute atomic E-state index is 0.0745. The zero-order valence-electron chi connectivity index (χ0n) is 8.51. The van der Waals surface area contributed by atoms with Crippen molar-refractivity contribution in [3.05, 3.63) is 22.1 Å². The molecule has 1 rings (SSSR count). The second-order valence-corrected chi connectivity index (χ2v) is 3.33. The monoisotopic (exact) mass is 233 g/mol. The Bertz CT molecular complexity index is 353. The van der Waals surface area contributed by atoms with Crippen LogP contribution in [0.15, 0.2) is 6.20 Å². The fourth-order valence-corrected chi connectivity index (χ4v) is 1.40. The van der Waals surface area contributed by atoms with Crippen LogP contribution in [-0.4, -0.2) is 27.0 Å². The van der Waals surface area contributed by atoms with E-state index in [1.807, 2.05) is 0 Å². The number of aryl methyl sites for hydroxylation is 1. The predicted molar refractivity (Wildman–Crippen MR) is 55.0 cm³/mol. The molecule has 1 aromatic rings. The van der Waals surface area contributed by atoms with E-state index in [9.17, 15) is 10.1 Å². The molecule has 0 amide bonds. The number of nitro groups is 1. The maximum atomic E-state index is 10.7. The van der Waals surface area contributed by atoms with E-state index in [1.165, 1.54) is 10.8 Å². The minimum Gasteiger partial charge on any atom is -0.358 e. The van der Waals surface area contributed by atoms with Gasteiger partial charge >= 0.3 is 5.82 Å². The van der Waals surface area contributed by atoms with Crippen molar-refractivity contribution in [1.82, 2.24) is 9.55 Å². The molecular formula is C8H12ClN3O3. The summed E-state index contributed by atoms with van der Waals surface area (Å²) in [7, 11) is 0. The maximum Gasteiger partial charge on any atom is 0.345 e. The van der Waals surface area contributed by atoms with Gasteiger partial charge in [-0.05, 0) is 4.92 Å². The number of nitrogens with zero attached hydrogens (tertiary/aromatic N) is 3. The molecule has 0 spiro atoms. The molecule has 15 heavy (non-hydrogen) atoms. The molecule has 1 unspecified atom stereocenters. The zero-order valence-corrected chi connectivity index (χ0v) is 9.27. The molecular weight excluding hydrogens is 222 g/mol. The lowest BCUT2D eigenvalue weighted by Gasteiger charge is -2.11. The molecule has 0 saturated heterocycles. The van der Waals surface area contributed by atoms with Gasteiger partial charge in [0.25, 0.3) is 0 Å². The van der Waals surface area contributed by atoms with Crippen LogP contribution in [0.2, 0.25) is 0 Å². The van der Waals surface area contributed by atoms with Crippen molar-refractivity contribution in [2.24, 2.45) is 0 Å². The molecule has 1 heterocycles. The molecule has 6 nitrogen and oxygen atoms in total. The molecule has 0 aliphatic carbocycles. The second-order valence-electron chi connectivity index (χ2n) is 2.95. The quantitative estimate of drug-likeness (QED) is 0.442. The highest BCUT2D eigenvalue weighted by Crippen LogP contribution is 2.20. The summed E-state index contributed by atoms with van der Waals surface area (Å²) in [6, 6.07) is 0. The summed E-state index contributed by atoms with van der Waals surface area (Å²) in [6.07, 6.45) is 0.780. The molecule has 1 aromatic heterocycles. The first-order valence-corrected chi connectivity index (χ1v) is 4.97. The van der Waals surface area contributed by atoms with Crippen LogP contribution in [0.25, 0.3) is 0 Å². The van der Waals surface area contributed by atoms with E-state index in [-0.39, 0.29) is 5.82 Å². The van der Waals surface area contributed by atoms with Crippen LogP contribution in [0.5, 0.6) is 0 Å². The molecule has 0 saturated carbocycles. The van der Waals surface area contributed by atoms with Gasteiger partial charge in [-0.15, -0.1) is 11.6 Å². The van der Waals surface area contributed by atoms with Crippen LogP contribution in [-0.2, 0) is 4.74 Å². The summed E-state index contributed by atoms with van der Waals surface area (Å²) in [5, 5.41) is 10.7. The lowest BCUT2D eigenvalue weighted by atomic mass is 10.5. The highest BCUT2D eigenvalue weighted by molar-refractivity contribution is 6.17. The van der Waals surface area contributed by atoms with Gasteiger partial charge in [-0.3, -0.25) is 0 Å². The van der Waals surface area contributed by atoms with E-state index in [0.717, 1.165) is 0 Å². The average Bonchev–Trinajstić information content (AvgIpc) is 2.56. The Kier molecular flexibility index (Phi) is 4.05. The lowest BCUT2D eigenvalue weighted by Crippen LogP contribution is -2.14. The second kappa shape index (κ2) is 5.09. The number of imidazole rings is 1. The number of hydrogen-bond donors (Lipinski definition) is 0. The van der Waals surface area contributed by atoms with E-state index in [1.54, 1.807) is 13.8 Å². The van der Waals surface area contributed by atoms with Gasteiger partial charge in [0.05, 0.1) is 6.61 Å². The van der Waals surface area contributed by atoms with Crippen LogP contribution in [0.3, 0.4) is 0 Å². The van der Waals surface area contributed by atoms with Crippen LogP contribution in [0, 0.1) is 17.0 Å². The van der Waals surface area contributed by atoms with Crippen molar-refractivity contribution in [3.8, 4) is 0 Å². The van der Waals surface area contributed by atoms with Crippen LogP contribution >= 0.6 is 11.6 Å². The van der Waals surface area contributed by atoms with Gasteiger partial charge in [0.15, 0.2) is 5.82 Å². The van der Waals surface area contributed by atoms with Gasteiger partial charge in [0.1, 0.15) is 6.20 Å². The van der Waals surface area contributed by atoms with Gasteiger partial charge in [0.2, 0.25) is 6.23 Å². The number of ether oxygens (including phenoxy) is 1. The van der Waals surface area contributed by atoms with Crippen molar-refractivity contribution in [3.63, 3.8) is 0 Å². The number of halogens is 1. The van der Waals surface area contributed by atoms with E-state index in [2.05, 4.69) is 4.98 Å². The van der Waals surface area contributed by atoms with Gasteiger partial charge in [0, 0.05) is 19.7 Å². The third kappa shape index (κ3) is 2.66. The first-order chi connectivity index (χ1) is 7.07. The van der Waals surface area contributed by atoms with E-state index in [4.69, 9.17) is 16.3 Å². The summed E-state index contributed by atoms with van der Waals surface area (Å²) >= 11 is 5.47. The van der Waals surface area contributed by atoms with Crippen molar-refractivity contribution < 1.29 is 9.66 Å². The summed E-state index contributed by atoms with van der Waals surface area (Å²) in [6.45, 7) is 3.75. The molecule has 84 valence electrons. The number of hydrogen-bond acceptors (Lipinski definition) is 4. The molecule has 0 aliphatic heterocycles. The van der Waals surface area contributed by atoms with Gasteiger partial charge in [-0.2, -0.15) is 4.57 Å². The molecule has 0 bridgehead atoms. The molecule has 0 N–H and O–H groups in total. The van der Waals surface area contributed by atoms with Crippen molar-refractivity contribution in [2.45, 2.75) is 20.1 Å². The van der Waals surface area contributed by atoms with Crippen molar-refractivity contribution in [1.29, 1.82) is 0 Å². The van der Waals surface area contributed by atoms with Crippen LogP contribution in [0.4, 0.5) is 5.82 Å². The Morgan fingerprint density at radius 3 is 3.00 bits per heavy atom. The number of rotatable bonds is 5. The van der Waals surface area contributed by atoms with Gasteiger partial charge in [-0.25, -0.2) is 4.98 Å². The first-order valence-electron chi connectivity index (χ1n) is 4.43. The standard InChI is InChI=1S/C8H12ClN3O3/c1-6-10-5-8(12(13)14)11(6)7(2)15-4-3-9/h5,7H,3-4H2,1-2H3. The molecule has 1 atom stereocenters. The average molecular weight is 234 g/mol. The fraction of sp³-hybridized carbons (Fsp3) is 0.625. The first kappa shape index (κ1) is 11.9. The maximum absolute atomic E-state index is 10.7. The highest BCUT2D eigenvalue weighted by atomic mass is 35.5. The predicted octanol–water partition coefficient (Wildman–Crippen LogP) is 1.87. The minimum atomic E-state index is -0.486. The summed E-state index contributed by atoms with van der Waals surface area (Å²) in [5.74, 6) is 0.824. The normalized spacial score (nSPS) is 12.7. The largest absolute Gasteiger partial charge is 0.358 e. The van der Waals surface area contributed by atoms with E-state index >= 15 is 0 Å². The third-order valence-electron chi connectivity index (χ3n) is 1.95. The zero-order chi connectivity index (χ0) is 11.4. The smallest absolute Gasteiger partial charge is 0.345 e. The third-order valence-corrected chi connectivity index (χ3v) is 2.10. The topological polar surface area (TPSA) is 70.2 Å². The van der Waals surface area contributed by atoms with Crippen molar-refractivity contribution in [2.75, 3.05) is 12.5 Å². The van der Waals surface area contributed by atoms with Gasteiger partial charge in [-0.1, -0.05) is 0 Å². The number of aromatic nitrogens is 2. The Labute approximate surface area is 92.0 Å². The fourth-order valence-electron chi connectivity index (χ4n) is 1.32. The van der Waals surface area contributed by atoms with Crippen LogP contribution < -0.4 is 0 Å². The Balaban J connectivity index is 2.90. The molecule has 0 radical (unpaired) electrons. The summed E-state index contributed by atoms with van der Waals surface area (Å²) in [4.78, 5) is 14.1. The Morgan fingerprint density at radius 2 is 2.47 bits per heavy atom. The summed E-state index contributed by atoms with van der Waals surface area (Å²) < 4.78 is 6.72. The molecule has 0 fully saturated rings. The van der Waals surface area contributed by atoms with Crippen molar-refractivity contribution >= 4 is 17.4 Å². The molecule has 7 heteroatoms. The molecule has 0 aromatic carbocycles. The summed E-state index contributed by atoms with van der Waals surface area (Å²) in [5.41, 5.74) is 0. The van der Waals surface area contributed by atoms with E-state index in [0.29, 0.717) is 18.3 Å². The van der Waals surface area contributed by atoms with E-state index < -0.39 is 11.2 Å². The SMILES string of the molecule is Cc1ncc([N+](=O)[O-])n1C(C)OCCCl.